The molecule has 0 saturated carbocycles. The summed E-state index contributed by atoms with van der Waals surface area (Å²) in [6.07, 6.45) is 45.3. The Balaban J connectivity index is 3.24. The highest BCUT2D eigenvalue weighted by atomic mass is 32.2. The highest BCUT2D eigenvalue weighted by molar-refractivity contribution is 7.99. The largest absolute Gasteiger partial charge is 0.428 e. The molecule has 6 heteroatoms. The van der Waals surface area contributed by atoms with E-state index < -0.39 is 0 Å². The quantitative estimate of drug-likeness (QED) is 0.0354. The van der Waals surface area contributed by atoms with Crippen LogP contribution in [0.15, 0.2) is 0 Å². The maximum absolute atomic E-state index is 11.9. The van der Waals surface area contributed by atoms with Crippen LogP contribution in [0.1, 0.15) is 232 Å². The molecule has 4 nitrogen and oxygen atoms in total. The highest BCUT2D eigenvalue weighted by Crippen LogP contribution is 2.17. The second kappa shape index (κ2) is 43.8. The molecule has 0 aromatic carbocycles. The van der Waals surface area contributed by atoms with Crippen LogP contribution in [0.3, 0.4) is 0 Å². The molecule has 0 spiro atoms. The van der Waals surface area contributed by atoms with E-state index in [0.29, 0.717) is 12.8 Å². The lowest BCUT2D eigenvalue weighted by Crippen LogP contribution is -2.13. The lowest BCUT2D eigenvalue weighted by molar-refractivity contribution is -0.166. The second-order valence-corrected chi connectivity index (χ2v) is 16.9. The summed E-state index contributed by atoms with van der Waals surface area (Å²) in [7, 11) is 0. The van der Waals surface area contributed by atoms with E-state index in [1.54, 1.807) is 0 Å². The van der Waals surface area contributed by atoms with Crippen molar-refractivity contribution in [1.82, 2.24) is 0 Å². The zero-order chi connectivity index (χ0) is 35.6. The summed E-state index contributed by atoms with van der Waals surface area (Å²) in [4.78, 5) is 23.8. The zero-order valence-electron chi connectivity index (χ0n) is 33.0. The van der Waals surface area contributed by atoms with Gasteiger partial charge in [0.2, 0.25) is 6.79 Å². The Morgan fingerprint density at radius 2 is 0.551 bits per heavy atom. The van der Waals surface area contributed by atoms with Gasteiger partial charge in [0.15, 0.2) is 0 Å². The lowest BCUT2D eigenvalue weighted by atomic mass is 10.0. The van der Waals surface area contributed by atoms with Crippen LogP contribution in [0.4, 0.5) is 0 Å². The molecule has 0 aliphatic carbocycles. The third-order valence-corrected chi connectivity index (χ3v) is 11.8. The molecule has 0 bridgehead atoms. The smallest absolute Gasteiger partial charge is 0.309 e. The van der Waals surface area contributed by atoms with Crippen molar-refractivity contribution in [3.05, 3.63) is 0 Å². The van der Waals surface area contributed by atoms with Crippen LogP contribution in [0.5, 0.6) is 0 Å². The topological polar surface area (TPSA) is 52.6 Å². The van der Waals surface area contributed by atoms with E-state index >= 15 is 0 Å². The number of carbonyl (C=O) groups excluding carboxylic acids is 2. The second-order valence-electron chi connectivity index (χ2n) is 14.5. The Kier molecular flexibility index (Phi) is 43.5. The van der Waals surface area contributed by atoms with Crippen molar-refractivity contribution in [2.24, 2.45) is 0 Å². The molecule has 0 fully saturated rings. The number of ether oxygens (including phenoxy) is 2. The molecule has 0 atom stereocenters. The van der Waals surface area contributed by atoms with Crippen molar-refractivity contribution in [2.45, 2.75) is 232 Å². The van der Waals surface area contributed by atoms with Crippen molar-refractivity contribution in [3.8, 4) is 0 Å². The van der Waals surface area contributed by atoms with E-state index in [2.05, 4.69) is 13.8 Å². The number of carbonyl (C=O) groups is 2. The Morgan fingerprint density at radius 1 is 0.327 bits per heavy atom. The molecule has 0 saturated heterocycles. The summed E-state index contributed by atoms with van der Waals surface area (Å²) in [6.45, 7) is 4.33. The first kappa shape index (κ1) is 48.6. The molecule has 0 amide bonds. The first-order valence-electron chi connectivity index (χ1n) is 21.7. The molecule has 0 unspecified atom stereocenters. The predicted molar refractivity (Wildman–Crippen MR) is 220 cm³/mol. The molecule has 0 aromatic heterocycles. The Bertz CT molecular complexity index is 606. The van der Waals surface area contributed by atoms with Gasteiger partial charge >= 0.3 is 11.9 Å². The van der Waals surface area contributed by atoms with Crippen LogP contribution in [0.2, 0.25) is 0 Å². The van der Waals surface area contributed by atoms with Gasteiger partial charge in [-0.1, -0.05) is 206 Å². The van der Waals surface area contributed by atoms with E-state index in [0.717, 1.165) is 23.0 Å². The van der Waals surface area contributed by atoms with E-state index in [1.807, 2.05) is 23.5 Å². The third-order valence-electron chi connectivity index (χ3n) is 9.63. The Labute approximate surface area is 315 Å². The molecular formula is C43H84O4S2. The summed E-state index contributed by atoms with van der Waals surface area (Å²) in [6, 6.07) is 0. The molecule has 0 N–H and O–H groups in total. The fraction of sp³-hybridized carbons (Fsp3) is 0.953. The minimum absolute atomic E-state index is 0.245. The first-order valence-corrected chi connectivity index (χ1v) is 24.0. The van der Waals surface area contributed by atoms with Gasteiger partial charge in [0, 0.05) is 11.5 Å². The van der Waals surface area contributed by atoms with E-state index in [1.165, 1.54) is 205 Å². The highest BCUT2D eigenvalue weighted by Gasteiger charge is 2.07. The van der Waals surface area contributed by atoms with Gasteiger partial charge in [-0.2, -0.15) is 23.5 Å². The van der Waals surface area contributed by atoms with Gasteiger partial charge < -0.3 is 9.47 Å². The summed E-state index contributed by atoms with van der Waals surface area (Å²) in [5.74, 6) is 3.23. The van der Waals surface area contributed by atoms with Crippen LogP contribution < -0.4 is 0 Å². The van der Waals surface area contributed by atoms with Crippen LogP contribution in [-0.2, 0) is 19.1 Å². The number of esters is 2. The predicted octanol–water partition coefficient (Wildman–Crippen LogP) is 14.8. The zero-order valence-corrected chi connectivity index (χ0v) is 34.7. The van der Waals surface area contributed by atoms with Crippen LogP contribution in [0.25, 0.3) is 0 Å². The molecular weight excluding hydrogens is 645 g/mol. The number of hydrogen-bond donors (Lipinski definition) is 0. The first-order chi connectivity index (χ1) is 24.2. The number of unbranched alkanes of at least 4 members (excludes halogenated alkanes) is 30. The molecule has 0 aliphatic heterocycles. The van der Waals surface area contributed by atoms with Gasteiger partial charge in [-0.05, 0) is 24.3 Å². The van der Waals surface area contributed by atoms with Crippen molar-refractivity contribution in [3.63, 3.8) is 0 Å². The monoisotopic (exact) mass is 729 g/mol. The third kappa shape index (κ3) is 43.7. The lowest BCUT2D eigenvalue weighted by Gasteiger charge is -2.07. The van der Waals surface area contributed by atoms with Crippen molar-refractivity contribution in [2.75, 3.05) is 29.8 Å². The summed E-state index contributed by atoms with van der Waals surface area (Å²) in [5, 5.41) is 0. The molecule has 0 aromatic rings. The van der Waals surface area contributed by atoms with Crippen LogP contribution in [-0.4, -0.2) is 41.7 Å². The number of rotatable bonds is 42. The summed E-state index contributed by atoms with van der Waals surface area (Å²) in [5.41, 5.74) is 0. The van der Waals surface area contributed by atoms with Crippen LogP contribution in [0, 0.1) is 0 Å². The SMILES string of the molecule is CCCCCCCCCCCCCCCCCCSCCC(=O)OCOC(=O)CCSCCCCCCCCCCCCCCCCCC. The van der Waals surface area contributed by atoms with E-state index in [4.69, 9.17) is 9.47 Å². The normalized spacial score (nSPS) is 11.3. The summed E-state index contributed by atoms with van der Waals surface area (Å²) < 4.78 is 10.2. The van der Waals surface area contributed by atoms with Gasteiger partial charge in [-0.25, -0.2) is 0 Å². The average molecular weight is 729 g/mol. The maximum atomic E-state index is 11.9. The Hall–Kier alpha value is -0.360. The molecule has 49 heavy (non-hydrogen) atoms. The molecule has 0 rings (SSSR count). The fourth-order valence-corrected chi connectivity index (χ4v) is 8.17. The molecule has 0 radical (unpaired) electrons. The van der Waals surface area contributed by atoms with Gasteiger partial charge in [-0.3, -0.25) is 9.59 Å². The molecule has 292 valence electrons. The van der Waals surface area contributed by atoms with Gasteiger partial charge in [-0.15, -0.1) is 0 Å². The molecule has 0 heterocycles. The van der Waals surface area contributed by atoms with Gasteiger partial charge in [0.05, 0.1) is 12.8 Å². The van der Waals surface area contributed by atoms with Gasteiger partial charge in [0.1, 0.15) is 0 Å². The minimum Gasteiger partial charge on any atom is -0.428 e. The van der Waals surface area contributed by atoms with E-state index in [9.17, 15) is 9.59 Å². The molecule has 0 aliphatic rings. The van der Waals surface area contributed by atoms with Gasteiger partial charge in [0.25, 0.3) is 0 Å². The number of thioether (sulfide) groups is 2. The van der Waals surface area contributed by atoms with Crippen molar-refractivity contribution >= 4 is 35.5 Å². The van der Waals surface area contributed by atoms with Crippen molar-refractivity contribution < 1.29 is 19.1 Å². The Morgan fingerprint density at radius 3 is 0.796 bits per heavy atom. The summed E-state index contributed by atoms with van der Waals surface area (Å²) >= 11 is 3.65. The van der Waals surface area contributed by atoms with Crippen molar-refractivity contribution in [1.29, 1.82) is 0 Å². The fourth-order valence-electron chi connectivity index (χ4n) is 6.32. The minimum atomic E-state index is -0.273. The van der Waals surface area contributed by atoms with E-state index in [-0.39, 0.29) is 18.7 Å². The van der Waals surface area contributed by atoms with Crippen LogP contribution >= 0.6 is 23.5 Å². The number of hydrogen-bond acceptors (Lipinski definition) is 6. The standard InChI is InChI=1S/C43H84O4S2/c1-3-5-7-9-11-13-15-17-19-21-23-25-27-29-31-33-37-48-39-35-42(44)46-41-47-43(45)36-40-49-38-34-32-30-28-26-24-22-20-18-16-14-12-10-8-6-4-2/h3-41H2,1-2H3. The average Bonchev–Trinajstić information content (AvgIpc) is 3.10. The maximum Gasteiger partial charge on any atom is 0.309 e.